The monoisotopic (exact) mass is 677 g/mol. The van der Waals surface area contributed by atoms with Gasteiger partial charge < -0.3 is 14.6 Å². The number of carbonyl (C=O) groups excluding carboxylic acids is 1. The number of nitrogens with one attached hydrogen (secondary N) is 1. The number of halogens is 2. The highest BCUT2D eigenvalue weighted by atomic mass is 35.5. The molecule has 9 nitrogen and oxygen atoms in total. The maximum absolute atomic E-state index is 14.2. The van der Waals surface area contributed by atoms with Crippen LogP contribution in [0.3, 0.4) is 0 Å². The number of fused-ring (bicyclic) bond motifs is 5. The predicted molar refractivity (Wildman–Crippen MR) is 182 cm³/mol. The van der Waals surface area contributed by atoms with Crippen molar-refractivity contribution in [1.82, 2.24) is 30.0 Å². The lowest BCUT2D eigenvalue weighted by atomic mass is 9.93. The third-order valence-corrected chi connectivity index (χ3v) is 11.0. The number of anilines is 1. The predicted octanol–water partition coefficient (Wildman–Crippen LogP) is 8.08. The number of nitrogens with zero attached hydrogens (tertiary/aromatic N) is 6. The van der Waals surface area contributed by atoms with E-state index >= 15 is 0 Å². The molecule has 7 heterocycles. The van der Waals surface area contributed by atoms with Crippen LogP contribution >= 0.6 is 22.9 Å². The van der Waals surface area contributed by atoms with Crippen molar-refractivity contribution in [3.63, 3.8) is 0 Å². The first-order valence-corrected chi connectivity index (χ1v) is 17.3. The lowest BCUT2D eigenvalue weighted by Crippen LogP contribution is -2.22. The Morgan fingerprint density at radius 2 is 1.92 bits per heavy atom. The van der Waals surface area contributed by atoms with Crippen molar-refractivity contribution in [2.45, 2.75) is 57.5 Å². The molecule has 1 aromatic carbocycles. The Bertz CT molecular complexity index is 2250. The molecule has 12 heteroatoms. The summed E-state index contributed by atoms with van der Waals surface area (Å²) in [5.41, 5.74) is 6.77. The maximum atomic E-state index is 14.2. The summed E-state index contributed by atoms with van der Waals surface area (Å²) < 4.78 is 20.8. The first-order valence-electron chi connectivity index (χ1n) is 16.1. The Hall–Kier alpha value is -4.74. The van der Waals surface area contributed by atoms with Gasteiger partial charge in [-0.05, 0) is 85.4 Å². The molecule has 240 valence electrons. The normalized spacial score (nSPS) is 18.1. The van der Waals surface area contributed by atoms with Crippen LogP contribution in [0.5, 0.6) is 0 Å². The lowest BCUT2D eigenvalue weighted by molar-refractivity contribution is 0.0776. The molecule has 0 saturated carbocycles. The second kappa shape index (κ2) is 11.5. The van der Waals surface area contributed by atoms with Crippen LogP contribution in [0.25, 0.3) is 32.0 Å². The largest absolute Gasteiger partial charge is 0.421 e. The van der Waals surface area contributed by atoms with E-state index in [0.29, 0.717) is 47.3 Å². The van der Waals surface area contributed by atoms with E-state index in [1.165, 1.54) is 12.1 Å². The maximum Gasteiger partial charge on any atom is 0.257 e. The summed E-state index contributed by atoms with van der Waals surface area (Å²) in [6.07, 6.45) is 8.26. The number of pyridine rings is 3. The molecule has 0 unspecified atom stereocenters. The topological polar surface area (TPSA) is 110 Å². The van der Waals surface area contributed by atoms with E-state index in [4.69, 9.17) is 26.0 Å². The van der Waals surface area contributed by atoms with Gasteiger partial charge in [-0.2, -0.15) is 0 Å². The van der Waals surface area contributed by atoms with Crippen molar-refractivity contribution >= 4 is 44.7 Å². The zero-order valence-electron chi connectivity index (χ0n) is 26.0. The number of benzene rings is 1. The molecule has 0 bridgehead atoms. The van der Waals surface area contributed by atoms with Gasteiger partial charge in [0, 0.05) is 36.3 Å². The summed E-state index contributed by atoms with van der Waals surface area (Å²) in [5, 5.41) is 13.9. The molecule has 2 atom stereocenters. The summed E-state index contributed by atoms with van der Waals surface area (Å²) in [5.74, 6) is 1.23. The fraction of sp³-hybridized carbons (Fsp3) is 0.278. The Labute approximate surface area is 284 Å². The Kier molecular flexibility index (Phi) is 7.01. The second-order valence-corrected chi connectivity index (χ2v) is 14.1. The van der Waals surface area contributed by atoms with Crippen LogP contribution in [0.15, 0.2) is 59.3 Å². The van der Waals surface area contributed by atoms with Crippen LogP contribution in [0.1, 0.15) is 75.8 Å². The van der Waals surface area contributed by atoms with Crippen LogP contribution in [-0.2, 0) is 19.3 Å². The molecule has 1 fully saturated rings. The Morgan fingerprint density at radius 3 is 2.75 bits per heavy atom. The van der Waals surface area contributed by atoms with Gasteiger partial charge in [0.1, 0.15) is 11.6 Å². The highest BCUT2D eigenvalue weighted by Gasteiger charge is 2.45. The SMILES string of the molecule is Cc1nnc(-c2c(CCc3ccc(F)cc3)nc3c(c2-c2cc4ccnc(N[C@@H]5CCc6cc(Cl)cnc65)c4s2)C(=O)N2CCC[C@@H]32)o1. The molecule has 2 aliphatic heterocycles. The van der Waals surface area contributed by atoms with Crippen LogP contribution < -0.4 is 5.32 Å². The van der Waals surface area contributed by atoms with E-state index in [1.54, 1.807) is 42.8 Å². The Morgan fingerprint density at radius 1 is 1.04 bits per heavy atom. The highest BCUT2D eigenvalue weighted by Crippen LogP contribution is 2.50. The van der Waals surface area contributed by atoms with Gasteiger partial charge in [-0.15, -0.1) is 21.5 Å². The second-order valence-electron chi connectivity index (χ2n) is 12.6. The Balaban J connectivity index is 1.21. The molecule has 5 aromatic heterocycles. The highest BCUT2D eigenvalue weighted by molar-refractivity contribution is 7.23. The van der Waals surface area contributed by atoms with Gasteiger partial charge in [-0.1, -0.05) is 23.7 Å². The minimum absolute atomic E-state index is 0.00911. The number of thiophene rings is 1. The third kappa shape index (κ3) is 4.86. The molecule has 48 heavy (non-hydrogen) atoms. The smallest absolute Gasteiger partial charge is 0.257 e. The van der Waals surface area contributed by atoms with Crippen molar-refractivity contribution in [3.05, 3.63) is 105 Å². The quantitative estimate of drug-likeness (QED) is 0.181. The van der Waals surface area contributed by atoms with Gasteiger partial charge >= 0.3 is 0 Å². The molecule has 1 N–H and O–H groups in total. The van der Waals surface area contributed by atoms with E-state index in [9.17, 15) is 9.18 Å². The molecule has 0 spiro atoms. The first kappa shape index (κ1) is 29.4. The number of amides is 1. The van der Waals surface area contributed by atoms with Crippen molar-refractivity contribution in [3.8, 4) is 21.9 Å². The lowest BCUT2D eigenvalue weighted by Gasteiger charge is -2.16. The molecule has 1 saturated heterocycles. The van der Waals surface area contributed by atoms with Gasteiger partial charge in [0.25, 0.3) is 5.91 Å². The number of rotatable bonds is 7. The molecular weight excluding hydrogens is 649 g/mol. The van der Waals surface area contributed by atoms with Crippen molar-refractivity contribution < 1.29 is 13.6 Å². The van der Waals surface area contributed by atoms with Crippen molar-refractivity contribution in [2.24, 2.45) is 0 Å². The molecule has 0 radical (unpaired) electrons. The fourth-order valence-electron chi connectivity index (χ4n) is 7.46. The summed E-state index contributed by atoms with van der Waals surface area (Å²) in [7, 11) is 0. The van der Waals surface area contributed by atoms with E-state index in [2.05, 4.69) is 26.6 Å². The first-order chi connectivity index (χ1) is 23.4. The number of hydrogen-bond donors (Lipinski definition) is 1. The third-order valence-electron chi connectivity index (χ3n) is 9.64. The van der Waals surface area contributed by atoms with Crippen LogP contribution in [0.4, 0.5) is 10.2 Å². The zero-order valence-corrected chi connectivity index (χ0v) is 27.5. The zero-order chi connectivity index (χ0) is 32.5. The number of aromatic nitrogens is 5. The van der Waals surface area contributed by atoms with Gasteiger partial charge in [-0.3, -0.25) is 14.8 Å². The average Bonchev–Trinajstić information content (AvgIpc) is 3.92. The van der Waals surface area contributed by atoms with Gasteiger partial charge in [0.15, 0.2) is 0 Å². The van der Waals surface area contributed by atoms with Crippen LogP contribution in [0.2, 0.25) is 5.02 Å². The van der Waals surface area contributed by atoms with Crippen LogP contribution in [0, 0.1) is 12.7 Å². The van der Waals surface area contributed by atoms with E-state index < -0.39 is 0 Å². The van der Waals surface area contributed by atoms with E-state index in [-0.39, 0.29) is 23.8 Å². The fourth-order valence-corrected chi connectivity index (χ4v) is 8.80. The van der Waals surface area contributed by atoms with Crippen molar-refractivity contribution in [1.29, 1.82) is 0 Å². The molecular formula is C36H29ClFN7O2S. The van der Waals surface area contributed by atoms with Gasteiger partial charge in [0.05, 0.1) is 50.0 Å². The minimum Gasteiger partial charge on any atom is -0.421 e. The average molecular weight is 678 g/mol. The number of hydrogen-bond acceptors (Lipinski definition) is 9. The van der Waals surface area contributed by atoms with Crippen molar-refractivity contribution in [2.75, 3.05) is 11.9 Å². The summed E-state index contributed by atoms with van der Waals surface area (Å²) in [4.78, 5) is 31.7. The van der Waals surface area contributed by atoms with E-state index in [0.717, 1.165) is 80.2 Å². The van der Waals surface area contributed by atoms with Gasteiger partial charge in [0.2, 0.25) is 11.8 Å². The molecule has 1 amide bonds. The molecule has 6 aromatic rings. The standard InChI is InChI=1S/C36H29ClFN7O2S/c1-18-43-44-35(47-18)28-24(10-6-19-4-8-23(38)9-5-19)41-32-26-3-2-14-45(26)36(46)30(32)29(28)27-16-21-12-13-39-34(33(21)48-27)42-25-11-7-20-15-22(37)17-40-31(20)25/h4-5,8-9,12-13,15-17,25-26H,2-3,6-7,10-11,14H2,1H3,(H,39,42)/t25-,26+/m1/s1. The minimum atomic E-state index is -0.274. The van der Waals surface area contributed by atoms with Crippen LogP contribution in [-0.4, -0.2) is 42.5 Å². The summed E-state index contributed by atoms with van der Waals surface area (Å²) in [6, 6.07) is 12.6. The number of carbonyl (C=O) groups is 1. The summed E-state index contributed by atoms with van der Waals surface area (Å²) in [6.45, 7) is 2.45. The number of aryl methyl sites for hydroxylation is 4. The molecule has 9 rings (SSSR count). The molecule has 1 aliphatic carbocycles. The summed E-state index contributed by atoms with van der Waals surface area (Å²) >= 11 is 7.81. The van der Waals surface area contributed by atoms with Gasteiger partial charge in [-0.25, -0.2) is 9.37 Å². The molecule has 3 aliphatic rings. The van der Waals surface area contributed by atoms with E-state index in [1.807, 2.05) is 17.0 Å².